The van der Waals surface area contributed by atoms with Gasteiger partial charge in [0.05, 0.1) is 25.4 Å². The van der Waals surface area contributed by atoms with Crippen LogP contribution < -0.4 is 5.32 Å². The first-order valence-electron chi connectivity index (χ1n) is 29.5. The highest BCUT2D eigenvalue weighted by Gasteiger charge is 2.47. The monoisotopic (exact) mass is 1040 g/mol. The Morgan fingerprint density at radius 3 is 1.46 bits per heavy atom. The SMILES string of the molecule is CC/C=C\C/C=C\C/C=C\C/C=C\C/C=C\CCCCCCC(O)C(=O)NC(COC1OC(CO)C(O)C(O)C1OC(=O)CCCCCCCCC/C=C/C/C=C/CC)C(O)/C=C/CCCCCCCCCCC. The fourth-order valence-corrected chi connectivity index (χ4v) is 8.60. The smallest absolute Gasteiger partial charge is 0.306 e. The summed E-state index contributed by atoms with van der Waals surface area (Å²) < 4.78 is 17.6. The van der Waals surface area contributed by atoms with E-state index in [1.807, 2.05) is 6.08 Å². The minimum atomic E-state index is -1.62. The second-order valence-electron chi connectivity index (χ2n) is 20.0. The first kappa shape index (κ1) is 68.6. The predicted molar refractivity (Wildman–Crippen MR) is 305 cm³/mol. The molecule has 1 amide bonds. The van der Waals surface area contributed by atoms with Crippen LogP contribution in [0.2, 0.25) is 0 Å². The number of ether oxygens (including phenoxy) is 3. The molecule has 1 aliphatic heterocycles. The third-order valence-electron chi connectivity index (χ3n) is 13.2. The Labute approximate surface area is 450 Å². The van der Waals surface area contributed by atoms with E-state index in [2.05, 4.69) is 111 Å². The van der Waals surface area contributed by atoms with Crippen LogP contribution in [-0.4, -0.2) is 99.6 Å². The lowest BCUT2D eigenvalue weighted by molar-refractivity contribution is -0.305. The molecule has 0 aromatic rings. The molecule has 6 N–H and O–H groups in total. The molecule has 11 nitrogen and oxygen atoms in total. The van der Waals surface area contributed by atoms with E-state index in [1.54, 1.807) is 6.08 Å². The zero-order chi connectivity index (χ0) is 54.0. The van der Waals surface area contributed by atoms with Gasteiger partial charge in [0.25, 0.3) is 0 Å². The Kier molecular flexibility index (Phi) is 46.7. The van der Waals surface area contributed by atoms with Crippen LogP contribution in [0.25, 0.3) is 0 Å². The van der Waals surface area contributed by atoms with Crippen molar-refractivity contribution in [3.8, 4) is 0 Å². The number of carbonyl (C=O) groups is 2. The number of nitrogens with one attached hydrogen (secondary N) is 1. The van der Waals surface area contributed by atoms with Crippen molar-refractivity contribution in [3.05, 3.63) is 97.2 Å². The Morgan fingerprint density at radius 2 is 0.973 bits per heavy atom. The van der Waals surface area contributed by atoms with E-state index >= 15 is 0 Å². The molecule has 424 valence electrons. The maximum Gasteiger partial charge on any atom is 0.306 e. The summed E-state index contributed by atoms with van der Waals surface area (Å²) in [6.07, 6.45) is 55.9. The zero-order valence-electron chi connectivity index (χ0n) is 46.7. The number of amides is 1. The van der Waals surface area contributed by atoms with Crippen LogP contribution in [0.4, 0.5) is 0 Å². The summed E-state index contributed by atoms with van der Waals surface area (Å²) in [5, 5.41) is 56.8. The van der Waals surface area contributed by atoms with E-state index in [-0.39, 0.29) is 19.4 Å². The molecular formula is C63H107NO10. The summed E-state index contributed by atoms with van der Waals surface area (Å²) >= 11 is 0. The number of esters is 1. The highest BCUT2D eigenvalue weighted by atomic mass is 16.7. The first-order valence-corrected chi connectivity index (χ1v) is 29.5. The van der Waals surface area contributed by atoms with E-state index in [0.29, 0.717) is 12.8 Å². The van der Waals surface area contributed by atoms with Gasteiger partial charge >= 0.3 is 5.97 Å². The van der Waals surface area contributed by atoms with Crippen molar-refractivity contribution in [3.63, 3.8) is 0 Å². The maximum atomic E-state index is 13.4. The van der Waals surface area contributed by atoms with Crippen LogP contribution >= 0.6 is 0 Å². The molecule has 1 heterocycles. The standard InChI is InChI=1S/C63H107NO10/c1-4-7-10-13-16-19-22-24-26-27-28-29-30-31-32-35-38-41-44-47-50-56(67)62(71)64-54(55(66)49-46-43-40-37-34-21-18-15-12-9-6-3)53-72-63-61(60(70)59(69)57(52-65)73-63)74-58(68)51-48-45-42-39-36-33-25-23-20-17-14-11-8-5-2/h7-8,10-11,16-17,19-20,24,26,28-29,31-32,46,49,54-57,59-61,63,65-67,69-70H,4-6,9,12-15,18,21-23,25,27,30,33-45,47-48,50-53H2,1-3H3,(H,64,71)/b10-7-,11-8+,19-16-,20-17+,26-24-,29-28-,32-31-,49-46+. The zero-order valence-corrected chi connectivity index (χ0v) is 46.7. The summed E-state index contributed by atoms with van der Waals surface area (Å²) in [5.74, 6) is -1.23. The van der Waals surface area contributed by atoms with Gasteiger partial charge < -0.3 is 45.1 Å². The number of unbranched alkanes of at least 4 members (excludes halogenated alkanes) is 20. The molecule has 1 aliphatic rings. The summed E-state index contributed by atoms with van der Waals surface area (Å²) in [6.45, 7) is 5.52. The van der Waals surface area contributed by atoms with Gasteiger partial charge in [-0.25, -0.2) is 0 Å². The molecular weight excluding hydrogens is 931 g/mol. The summed E-state index contributed by atoms with van der Waals surface area (Å²) in [5.41, 5.74) is 0. The van der Waals surface area contributed by atoms with E-state index < -0.39 is 67.4 Å². The Hall–Kier alpha value is -3.42. The number of aliphatic hydroxyl groups excluding tert-OH is 5. The van der Waals surface area contributed by atoms with Crippen molar-refractivity contribution in [2.24, 2.45) is 0 Å². The molecule has 74 heavy (non-hydrogen) atoms. The topological polar surface area (TPSA) is 175 Å². The van der Waals surface area contributed by atoms with Crippen molar-refractivity contribution in [1.29, 1.82) is 0 Å². The summed E-state index contributed by atoms with van der Waals surface area (Å²) in [6, 6.07) is -1.04. The molecule has 11 heteroatoms. The Balaban J connectivity index is 2.72. The Bertz CT molecular complexity index is 1570. The quantitative estimate of drug-likeness (QED) is 0.0195. The van der Waals surface area contributed by atoms with Gasteiger partial charge in [-0.2, -0.15) is 0 Å². The average Bonchev–Trinajstić information content (AvgIpc) is 3.40. The maximum absolute atomic E-state index is 13.4. The fourth-order valence-electron chi connectivity index (χ4n) is 8.60. The third kappa shape index (κ3) is 38.2. The van der Waals surface area contributed by atoms with Gasteiger partial charge in [-0.05, 0) is 96.3 Å². The lowest BCUT2D eigenvalue weighted by Crippen LogP contribution is -2.61. The van der Waals surface area contributed by atoms with Crippen molar-refractivity contribution in [2.75, 3.05) is 13.2 Å². The molecule has 1 fully saturated rings. The molecule has 0 saturated carbocycles. The molecule has 0 aromatic carbocycles. The number of allylic oxidation sites excluding steroid dienone is 15. The molecule has 0 aromatic heterocycles. The summed E-state index contributed by atoms with van der Waals surface area (Å²) in [4.78, 5) is 26.5. The molecule has 0 bridgehead atoms. The molecule has 8 atom stereocenters. The molecule has 8 unspecified atom stereocenters. The van der Waals surface area contributed by atoms with Crippen LogP contribution in [0.3, 0.4) is 0 Å². The normalized spacial score (nSPS) is 20.0. The highest BCUT2D eigenvalue weighted by Crippen LogP contribution is 2.26. The van der Waals surface area contributed by atoms with Crippen LogP contribution in [-0.2, 0) is 23.8 Å². The average molecular weight is 1040 g/mol. The van der Waals surface area contributed by atoms with Gasteiger partial charge in [-0.3, -0.25) is 9.59 Å². The van der Waals surface area contributed by atoms with Crippen LogP contribution in [0.15, 0.2) is 97.2 Å². The minimum Gasteiger partial charge on any atom is -0.454 e. The molecule has 0 radical (unpaired) electrons. The van der Waals surface area contributed by atoms with Crippen LogP contribution in [0.1, 0.15) is 226 Å². The van der Waals surface area contributed by atoms with E-state index in [9.17, 15) is 35.1 Å². The minimum absolute atomic E-state index is 0.107. The second-order valence-corrected chi connectivity index (χ2v) is 20.0. The van der Waals surface area contributed by atoms with Gasteiger partial charge in [0.1, 0.15) is 24.4 Å². The van der Waals surface area contributed by atoms with Gasteiger partial charge in [0, 0.05) is 6.42 Å². The van der Waals surface area contributed by atoms with Crippen molar-refractivity contribution < 1.29 is 49.3 Å². The number of carbonyl (C=O) groups excluding carboxylic acids is 2. The largest absolute Gasteiger partial charge is 0.454 e. The van der Waals surface area contributed by atoms with Crippen molar-refractivity contribution in [1.82, 2.24) is 5.32 Å². The van der Waals surface area contributed by atoms with E-state index in [4.69, 9.17) is 14.2 Å². The lowest BCUT2D eigenvalue weighted by atomic mass is 9.99. The molecule has 0 aliphatic carbocycles. The van der Waals surface area contributed by atoms with Gasteiger partial charge in [-0.1, -0.05) is 221 Å². The Morgan fingerprint density at radius 1 is 0.541 bits per heavy atom. The highest BCUT2D eigenvalue weighted by molar-refractivity contribution is 5.80. The number of hydrogen-bond acceptors (Lipinski definition) is 10. The predicted octanol–water partition coefficient (Wildman–Crippen LogP) is 13.6. The number of aliphatic hydroxyl groups is 5. The van der Waals surface area contributed by atoms with Gasteiger partial charge in [-0.15, -0.1) is 0 Å². The number of rotatable bonds is 48. The summed E-state index contributed by atoms with van der Waals surface area (Å²) in [7, 11) is 0. The molecule has 0 spiro atoms. The molecule has 1 saturated heterocycles. The third-order valence-corrected chi connectivity index (χ3v) is 13.2. The van der Waals surface area contributed by atoms with E-state index in [0.717, 1.165) is 135 Å². The first-order chi connectivity index (χ1) is 36.2. The fraction of sp³-hybridized carbons (Fsp3) is 0.714. The van der Waals surface area contributed by atoms with Gasteiger partial charge in [0.2, 0.25) is 5.91 Å². The second kappa shape index (κ2) is 50.4. The van der Waals surface area contributed by atoms with Crippen molar-refractivity contribution >= 4 is 11.9 Å². The van der Waals surface area contributed by atoms with E-state index in [1.165, 1.54) is 44.9 Å². The van der Waals surface area contributed by atoms with Gasteiger partial charge in [0.15, 0.2) is 12.4 Å². The van der Waals surface area contributed by atoms with Crippen LogP contribution in [0, 0.1) is 0 Å². The molecule has 1 rings (SSSR count). The number of hydrogen-bond donors (Lipinski definition) is 6. The van der Waals surface area contributed by atoms with Crippen molar-refractivity contribution in [2.45, 2.75) is 275 Å². The van der Waals surface area contributed by atoms with Crippen LogP contribution in [0.5, 0.6) is 0 Å². The lowest BCUT2D eigenvalue weighted by Gasteiger charge is -2.41.